The lowest BCUT2D eigenvalue weighted by atomic mass is 10.0. The van der Waals surface area contributed by atoms with Crippen molar-refractivity contribution in [1.82, 2.24) is 9.97 Å². The third-order valence-electron chi connectivity index (χ3n) is 4.48. The third kappa shape index (κ3) is 3.87. The van der Waals surface area contributed by atoms with Crippen molar-refractivity contribution >= 4 is 22.5 Å². The fraction of sp³-hybridized carbons (Fsp3) is 0.0909. The van der Waals surface area contributed by atoms with Gasteiger partial charge in [-0.15, -0.1) is 0 Å². The van der Waals surface area contributed by atoms with Gasteiger partial charge < -0.3 is 10.3 Å². The smallest absolute Gasteiger partial charge is 0.228 e. The first-order valence-corrected chi connectivity index (χ1v) is 8.72. The van der Waals surface area contributed by atoms with Crippen molar-refractivity contribution in [2.24, 2.45) is 0 Å². The van der Waals surface area contributed by atoms with Gasteiger partial charge in [0.1, 0.15) is 5.82 Å². The van der Waals surface area contributed by atoms with E-state index in [-0.39, 0.29) is 18.1 Å². The Bertz CT molecular complexity index is 1070. The van der Waals surface area contributed by atoms with E-state index in [1.54, 1.807) is 30.6 Å². The maximum atomic E-state index is 13.8. The normalized spacial score (nSPS) is 10.9. The van der Waals surface area contributed by atoms with Gasteiger partial charge in [-0.25, -0.2) is 4.39 Å². The molecular weight excluding hydrogens is 341 g/mol. The zero-order valence-electron chi connectivity index (χ0n) is 14.6. The van der Waals surface area contributed by atoms with Crippen LogP contribution in [0.15, 0.2) is 73.1 Å². The molecule has 0 atom stereocenters. The van der Waals surface area contributed by atoms with Gasteiger partial charge in [0.2, 0.25) is 5.91 Å². The van der Waals surface area contributed by atoms with Gasteiger partial charge in [-0.1, -0.05) is 30.3 Å². The van der Waals surface area contributed by atoms with Crippen molar-refractivity contribution in [2.75, 3.05) is 5.32 Å². The van der Waals surface area contributed by atoms with E-state index in [0.717, 1.165) is 27.7 Å². The highest BCUT2D eigenvalue weighted by molar-refractivity contribution is 5.96. The zero-order valence-corrected chi connectivity index (χ0v) is 14.6. The minimum atomic E-state index is -0.316. The first-order chi connectivity index (χ1) is 13.2. The van der Waals surface area contributed by atoms with E-state index in [2.05, 4.69) is 15.3 Å². The quantitative estimate of drug-likeness (QED) is 0.552. The molecule has 0 fully saturated rings. The first kappa shape index (κ1) is 17.0. The molecule has 4 rings (SSSR count). The molecular formula is C22H18FN3O. The fourth-order valence-electron chi connectivity index (χ4n) is 3.23. The summed E-state index contributed by atoms with van der Waals surface area (Å²) in [6, 6.07) is 18.1. The monoisotopic (exact) mass is 359 g/mol. The molecule has 0 bridgehead atoms. The average molecular weight is 359 g/mol. The maximum Gasteiger partial charge on any atom is 0.228 e. The summed E-state index contributed by atoms with van der Waals surface area (Å²) < 4.78 is 13.8. The predicted octanol–water partition coefficient (Wildman–Crippen LogP) is 4.47. The van der Waals surface area contributed by atoms with Gasteiger partial charge in [-0.3, -0.25) is 9.78 Å². The molecule has 27 heavy (non-hydrogen) atoms. The molecule has 4 aromatic rings. The largest absolute Gasteiger partial charge is 0.358 e. The summed E-state index contributed by atoms with van der Waals surface area (Å²) in [6.45, 7) is 0. The standard InChI is InChI=1S/C22H18FN3O/c23-16-6-7-20-18(13-16)19(14-22(27)25-17-8-10-24-11-9-17)21(26-20)12-15-4-2-1-3-5-15/h1-11,13,26H,12,14H2,(H,24,25,27). The summed E-state index contributed by atoms with van der Waals surface area (Å²) in [4.78, 5) is 19.9. The summed E-state index contributed by atoms with van der Waals surface area (Å²) in [5.41, 5.74) is 4.38. The van der Waals surface area contributed by atoms with Crippen LogP contribution in [-0.4, -0.2) is 15.9 Å². The molecule has 0 saturated heterocycles. The highest BCUT2D eigenvalue weighted by Crippen LogP contribution is 2.26. The molecule has 0 spiro atoms. The number of rotatable bonds is 5. The number of hydrogen-bond acceptors (Lipinski definition) is 2. The van der Waals surface area contributed by atoms with E-state index < -0.39 is 0 Å². The summed E-state index contributed by atoms with van der Waals surface area (Å²) >= 11 is 0. The molecule has 2 heterocycles. The topological polar surface area (TPSA) is 57.8 Å². The highest BCUT2D eigenvalue weighted by Gasteiger charge is 2.16. The number of H-pyrrole nitrogens is 1. The Balaban J connectivity index is 1.67. The van der Waals surface area contributed by atoms with Crippen LogP contribution in [0.1, 0.15) is 16.8 Å². The van der Waals surface area contributed by atoms with E-state index in [1.807, 2.05) is 30.3 Å². The summed E-state index contributed by atoms with van der Waals surface area (Å²) in [5.74, 6) is -0.468. The lowest BCUT2D eigenvalue weighted by Gasteiger charge is -2.07. The number of nitrogens with zero attached hydrogens (tertiary/aromatic N) is 1. The zero-order chi connectivity index (χ0) is 18.6. The van der Waals surface area contributed by atoms with Gasteiger partial charge >= 0.3 is 0 Å². The number of benzene rings is 2. The molecule has 4 nitrogen and oxygen atoms in total. The van der Waals surface area contributed by atoms with Crippen LogP contribution >= 0.6 is 0 Å². The minimum absolute atomic E-state index is 0.152. The van der Waals surface area contributed by atoms with Crippen LogP contribution in [0.25, 0.3) is 10.9 Å². The van der Waals surface area contributed by atoms with Crippen LogP contribution < -0.4 is 5.32 Å². The lowest BCUT2D eigenvalue weighted by molar-refractivity contribution is -0.115. The number of hydrogen-bond donors (Lipinski definition) is 2. The molecule has 0 aliphatic carbocycles. The molecule has 5 heteroatoms. The Morgan fingerprint density at radius 1 is 1.04 bits per heavy atom. The van der Waals surface area contributed by atoms with Gasteiger partial charge in [0.05, 0.1) is 6.42 Å². The van der Waals surface area contributed by atoms with Crippen LogP contribution in [0.2, 0.25) is 0 Å². The van der Waals surface area contributed by atoms with E-state index in [9.17, 15) is 9.18 Å². The number of aromatic amines is 1. The van der Waals surface area contributed by atoms with E-state index in [4.69, 9.17) is 0 Å². The number of anilines is 1. The van der Waals surface area contributed by atoms with Crippen molar-refractivity contribution in [2.45, 2.75) is 12.8 Å². The summed E-state index contributed by atoms with van der Waals surface area (Å²) in [5, 5.41) is 3.61. The summed E-state index contributed by atoms with van der Waals surface area (Å²) in [6.07, 6.45) is 4.05. The lowest BCUT2D eigenvalue weighted by Crippen LogP contribution is -2.15. The maximum absolute atomic E-state index is 13.8. The molecule has 2 aromatic heterocycles. The van der Waals surface area contributed by atoms with Crippen molar-refractivity contribution in [3.8, 4) is 0 Å². The van der Waals surface area contributed by atoms with Crippen molar-refractivity contribution in [1.29, 1.82) is 0 Å². The second kappa shape index (κ2) is 7.41. The Morgan fingerprint density at radius 3 is 2.59 bits per heavy atom. The molecule has 2 aromatic carbocycles. The van der Waals surface area contributed by atoms with Crippen LogP contribution in [0, 0.1) is 5.82 Å². The Kier molecular flexibility index (Phi) is 4.66. The average Bonchev–Trinajstić information content (AvgIpc) is 3.00. The number of amides is 1. The second-order valence-electron chi connectivity index (χ2n) is 6.40. The fourth-order valence-corrected chi connectivity index (χ4v) is 3.23. The highest BCUT2D eigenvalue weighted by atomic mass is 19.1. The number of halogens is 1. The number of carbonyl (C=O) groups excluding carboxylic acids is 1. The van der Waals surface area contributed by atoms with Gasteiger partial charge in [0.25, 0.3) is 0 Å². The minimum Gasteiger partial charge on any atom is -0.358 e. The predicted molar refractivity (Wildman–Crippen MR) is 104 cm³/mol. The number of carbonyl (C=O) groups is 1. The van der Waals surface area contributed by atoms with Gasteiger partial charge in [0.15, 0.2) is 0 Å². The van der Waals surface area contributed by atoms with Crippen LogP contribution in [0.3, 0.4) is 0 Å². The van der Waals surface area contributed by atoms with Gasteiger partial charge in [0, 0.05) is 41.1 Å². The summed E-state index contributed by atoms with van der Waals surface area (Å²) in [7, 11) is 0. The molecule has 0 unspecified atom stereocenters. The van der Waals surface area contributed by atoms with Crippen molar-refractivity contribution in [3.05, 3.63) is 95.7 Å². The van der Waals surface area contributed by atoms with Crippen LogP contribution in [0.5, 0.6) is 0 Å². The van der Waals surface area contributed by atoms with Crippen molar-refractivity contribution < 1.29 is 9.18 Å². The Labute approximate surface area is 156 Å². The van der Waals surface area contributed by atoms with Gasteiger partial charge in [-0.2, -0.15) is 0 Å². The molecule has 0 saturated carbocycles. The van der Waals surface area contributed by atoms with Crippen LogP contribution in [0.4, 0.5) is 10.1 Å². The first-order valence-electron chi connectivity index (χ1n) is 8.72. The number of aromatic nitrogens is 2. The van der Waals surface area contributed by atoms with E-state index in [1.165, 1.54) is 12.1 Å². The SMILES string of the molecule is O=C(Cc1c(Cc2ccccc2)[nH]c2ccc(F)cc12)Nc1ccncc1. The Hall–Kier alpha value is -3.47. The molecule has 134 valence electrons. The molecule has 0 aliphatic rings. The third-order valence-corrected chi connectivity index (χ3v) is 4.48. The Morgan fingerprint density at radius 2 is 1.81 bits per heavy atom. The molecule has 1 amide bonds. The van der Waals surface area contributed by atoms with Gasteiger partial charge in [-0.05, 0) is 41.5 Å². The van der Waals surface area contributed by atoms with E-state index >= 15 is 0 Å². The molecule has 0 aliphatic heterocycles. The van der Waals surface area contributed by atoms with E-state index in [0.29, 0.717) is 12.1 Å². The van der Waals surface area contributed by atoms with Crippen LogP contribution in [-0.2, 0) is 17.6 Å². The number of pyridine rings is 1. The number of fused-ring (bicyclic) bond motifs is 1. The molecule has 2 N–H and O–H groups in total. The number of nitrogens with one attached hydrogen (secondary N) is 2. The van der Waals surface area contributed by atoms with Crippen molar-refractivity contribution in [3.63, 3.8) is 0 Å². The molecule has 0 radical (unpaired) electrons. The second-order valence-corrected chi connectivity index (χ2v) is 6.40.